The molecule has 1 heterocycles. The number of halogens is 1. The zero-order valence-electron chi connectivity index (χ0n) is 5.50. The fraction of sp³-hybridized carbons (Fsp3) is 0. The molecule has 0 fully saturated rings. The Morgan fingerprint density at radius 3 is 3.00 bits per heavy atom. The molecule has 2 rings (SSSR count). The van der Waals surface area contributed by atoms with Crippen LogP contribution in [0.25, 0.3) is 0 Å². The van der Waals surface area contributed by atoms with E-state index in [1.807, 2.05) is 0 Å². The Hall–Kier alpha value is -1.15. The van der Waals surface area contributed by atoms with Crippen LogP contribution in [0.5, 0.6) is 11.5 Å². The first-order chi connectivity index (χ1) is 5.36. The van der Waals surface area contributed by atoms with E-state index >= 15 is 0 Å². The summed E-state index contributed by atoms with van der Waals surface area (Å²) >= 11 is 5.69. The summed E-state index contributed by atoms with van der Waals surface area (Å²) in [5.74, 6) is 1.16. The third kappa shape index (κ3) is 1.17. The summed E-state index contributed by atoms with van der Waals surface area (Å²) in [6, 6.07) is 6.13. The Balaban J connectivity index is 2.48. The van der Waals surface area contributed by atoms with Crippen LogP contribution in [0.15, 0.2) is 24.7 Å². The van der Waals surface area contributed by atoms with Gasteiger partial charge in [-0.15, -0.1) is 0 Å². The van der Waals surface area contributed by atoms with Crippen molar-refractivity contribution in [3.63, 3.8) is 0 Å². The van der Waals surface area contributed by atoms with Crippen molar-refractivity contribution in [2.75, 3.05) is 0 Å². The van der Waals surface area contributed by atoms with Crippen molar-refractivity contribution in [3.05, 3.63) is 35.7 Å². The SMILES string of the molecule is Clc1c[c]c2c(c1)OC=CO2. The molecule has 0 aromatic heterocycles. The van der Waals surface area contributed by atoms with Gasteiger partial charge < -0.3 is 9.47 Å². The molecule has 0 atom stereocenters. The molecule has 1 aliphatic rings. The van der Waals surface area contributed by atoms with Crippen LogP contribution < -0.4 is 9.47 Å². The molecule has 1 aromatic carbocycles. The summed E-state index contributed by atoms with van der Waals surface area (Å²) in [5, 5.41) is 0.586. The van der Waals surface area contributed by atoms with Gasteiger partial charge in [-0.3, -0.25) is 0 Å². The van der Waals surface area contributed by atoms with Gasteiger partial charge in [-0.1, -0.05) is 11.6 Å². The van der Waals surface area contributed by atoms with Crippen molar-refractivity contribution < 1.29 is 9.47 Å². The van der Waals surface area contributed by atoms with Crippen LogP contribution in [0.4, 0.5) is 0 Å². The van der Waals surface area contributed by atoms with Crippen molar-refractivity contribution in [2.24, 2.45) is 0 Å². The molecule has 1 aliphatic heterocycles. The van der Waals surface area contributed by atoms with Gasteiger partial charge in [-0.05, 0) is 6.07 Å². The maximum absolute atomic E-state index is 5.69. The predicted molar refractivity (Wildman–Crippen MR) is 40.7 cm³/mol. The summed E-state index contributed by atoms with van der Waals surface area (Å²) in [4.78, 5) is 0. The second kappa shape index (κ2) is 2.47. The lowest BCUT2D eigenvalue weighted by Crippen LogP contribution is -1.95. The quantitative estimate of drug-likeness (QED) is 0.591. The molecule has 0 spiro atoms. The Morgan fingerprint density at radius 1 is 1.27 bits per heavy atom. The third-order valence-corrected chi connectivity index (χ3v) is 1.49. The first-order valence-corrected chi connectivity index (χ1v) is 3.43. The molecule has 0 saturated carbocycles. The highest BCUT2D eigenvalue weighted by Crippen LogP contribution is 2.31. The van der Waals surface area contributed by atoms with Crippen LogP contribution in [-0.2, 0) is 0 Å². The standard InChI is InChI=1S/C8H4ClO2/c9-6-1-2-7-8(5-6)11-4-3-10-7/h1,3-5H. The lowest BCUT2D eigenvalue weighted by Gasteiger charge is -2.10. The highest BCUT2D eigenvalue weighted by molar-refractivity contribution is 6.30. The first-order valence-electron chi connectivity index (χ1n) is 3.06. The molecule has 11 heavy (non-hydrogen) atoms. The van der Waals surface area contributed by atoms with Gasteiger partial charge in [0.25, 0.3) is 0 Å². The largest absolute Gasteiger partial charge is 0.458 e. The van der Waals surface area contributed by atoms with Gasteiger partial charge in [0, 0.05) is 17.2 Å². The molecular weight excluding hydrogens is 164 g/mol. The zero-order valence-corrected chi connectivity index (χ0v) is 6.26. The number of rotatable bonds is 0. The Kier molecular flexibility index (Phi) is 1.47. The van der Waals surface area contributed by atoms with Crippen molar-refractivity contribution >= 4 is 11.6 Å². The molecule has 0 saturated heterocycles. The number of hydrogen-bond donors (Lipinski definition) is 0. The van der Waals surface area contributed by atoms with Crippen molar-refractivity contribution in [1.29, 1.82) is 0 Å². The fourth-order valence-corrected chi connectivity index (χ4v) is 0.968. The number of benzene rings is 1. The van der Waals surface area contributed by atoms with Gasteiger partial charge in [0.15, 0.2) is 11.5 Å². The average molecular weight is 168 g/mol. The average Bonchev–Trinajstić information content (AvgIpc) is 2.04. The van der Waals surface area contributed by atoms with Crippen molar-refractivity contribution in [1.82, 2.24) is 0 Å². The maximum Gasteiger partial charge on any atom is 0.177 e. The monoisotopic (exact) mass is 167 g/mol. The van der Waals surface area contributed by atoms with E-state index in [0.29, 0.717) is 16.5 Å². The van der Waals surface area contributed by atoms with E-state index in [1.165, 1.54) is 12.5 Å². The summed E-state index contributed by atoms with van der Waals surface area (Å²) < 4.78 is 10.1. The summed E-state index contributed by atoms with van der Waals surface area (Å²) in [6.45, 7) is 0. The van der Waals surface area contributed by atoms with Crippen LogP contribution in [-0.4, -0.2) is 0 Å². The minimum Gasteiger partial charge on any atom is -0.458 e. The van der Waals surface area contributed by atoms with E-state index in [2.05, 4.69) is 6.07 Å². The zero-order chi connectivity index (χ0) is 7.68. The highest BCUT2D eigenvalue weighted by atomic mass is 35.5. The van der Waals surface area contributed by atoms with Crippen LogP contribution in [0.1, 0.15) is 0 Å². The Morgan fingerprint density at radius 2 is 2.09 bits per heavy atom. The van der Waals surface area contributed by atoms with Crippen LogP contribution in [0.3, 0.4) is 0 Å². The van der Waals surface area contributed by atoms with E-state index in [9.17, 15) is 0 Å². The van der Waals surface area contributed by atoms with E-state index < -0.39 is 0 Å². The summed E-state index contributed by atoms with van der Waals surface area (Å²) in [5.41, 5.74) is 0. The minimum atomic E-state index is 0.567. The lowest BCUT2D eigenvalue weighted by atomic mass is 10.3. The van der Waals surface area contributed by atoms with E-state index in [0.717, 1.165) is 0 Å². The van der Waals surface area contributed by atoms with Gasteiger partial charge in [-0.25, -0.2) is 0 Å². The third-order valence-electron chi connectivity index (χ3n) is 1.27. The van der Waals surface area contributed by atoms with Crippen LogP contribution in [0, 0.1) is 6.07 Å². The van der Waals surface area contributed by atoms with Gasteiger partial charge in [0.05, 0.1) is 0 Å². The summed E-state index contributed by atoms with van der Waals surface area (Å²) in [7, 11) is 0. The normalized spacial score (nSPS) is 13.2. The van der Waals surface area contributed by atoms with Gasteiger partial charge in [0.2, 0.25) is 0 Å². The van der Waals surface area contributed by atoms with Crippen molar-refractivity contribution in [3.8, 4) is 11.5 Å². The van der Waals surface area contributed by atoms with Crippen molar-refractivity contribution in [2.45, 2.75) is 0 Å². The van der Waals surface area contributed by atoms with E-state index in [-0.39, 0.29) is 0 Å². The number of hydrogen-bond acceptors (Lipinski definition) is 2. The van der Waals surface area contributed by atoms with Gasteiger partial charge >= 0.3 is 0 Å². The minimum absolute atomic E-state index is 0.567. The fourth-order valence-electron chi connectivity index (χ4n) is 0.815. The molecular formula is C8H4ClO2. The molecule has 55 valence electrons. The summed E-state index contributed by atoms with van der Waals surface area (Å²) in [6.07, 6.45) is 2.90. The predicted octanol–water partition coefficient (Wildman–Crippen LogP) is 2.38. The molecule has 0 amide bonds. The smallest absolute Gasteiger partial charge is 0.177 e. The Bertz CT molecular complexity index is 307. The first kappa shape index (κ1) is 6.55. The van der Waals surface area contributed by atoms with Gasteiger partial charge in [-0.2, -0.15) is 0 Å². The number of fused-ring (bicyclic) bond motifs is 1. The second-order valence-corrected chi connectivity index (χ2v) is 2.46. The highest BCUT2D eigenvalue weighted by Gasteiger charge is 2.07. The maximum atomic E-state index is 5.69. The number of ether oxygens (including phenoxy) is 2. The molecule has 1 aromatic rings. The van der Waals surface area contributed by atoms with Gasteiger partial charge in [0.1, 0.15) is 12.5 Å². The lowest BCUT2D eigenvalue weighted by molar-refractivity contribution is 0.361. The second-order valence-electron chi connectivity index (χ2n) is 2.02. The molecule has 3 heteroatoms. The molecule has 1 radical (unpaired) electrons. The molecule has 0 aliphatic carbocycles. The van der Waals surface area contributed by atoms with Crippen LogP contribution >= 0.6 is 11.6 Å². The molecule has 0 N–H and O–H groups in total. The topological polar surface area (TPSA) is 18.5 Å². The molecule has 0 unspecified atom stereocenters. The van der Waals surface area contributed by atoms with Crippen LogP contribution in [0.2, 0.25) is 5.02 Å². The molecule has 0 bridgehead atoms. The Labute approximate surface area is 69.0 Å². The van der Waals surface area contributed by atoms with E-state index in [1.54, 1.807) is 12.1 Å². The van der Waals surface area contributed by atoms with E-state index in [4.69, 9.17) is 21.1 Å². The molecule has 2 nitrogen and oxygen atoms in total.